The molecule has 1 heterocycles. The van der Waals surface area contributed by atoms with Gasteiger partial charge in [-0.25, -0.2) is 9.59 Å². The Labute approximate surface area is 259 Å². The molecule has 43 heavy (non-hydrogen) atoms. The van der Waals surface area contributed by atoms with Crippen molar-refractivity contribution in [1.29, 1.82) is 0 Å². The first-order valence-corrected chi connectivity index (χ1v) is 15.7. The summed E-state index contributed by atoms with van der Waals surface area (Å²) in [6.45, 7) is 8.14. The highest BCUT2D eigenvalue weighted by atomic mass is 35.5. The number of nitrogens with zero attached hydrogens (tertiary/aromatic N) is 1. The molecule has 0 radical (unpaired) electrons. The zero-order valence-electron chi connectivity index (χ0n) is 25.2. The zero-order chi connectivity index (χ0) is 30.2. The lowest BCUT2D eigenvalue weighted by atomic mass is 9.69. The normalized spacial score (nSPS) is 22.8. The SMILES string of the molecule is CC(C)(C)OC(=O)c1ccc2c(c1)N(C[C@@H]1CC[C@H]1COC(=O)c1ccccc1)C[C@@]1(CCCc3cc(Cl)ccc31)CO2. The van der Waals surface area contributed by atoms with Gasteiger partial charge in [0.1, 0.15) is 11.4 Å². The Bertz CT molecular complexity index is 1500. The van der Waals surface area contributed by atoms with Crippen molar-refractivity contribution in [3.63, 3.8) is 0 Å². The van der Waals surface area contributed by atoms with Crippen LogP contribution in [-0.4, -0.2) is 43.8 Å². The maximum Gasteiger partial charge on any atom is 0.338 e. The number of carbonyl (C=O) groups is 2. The second-order valence-corrected chi connectivity index (χ2v) is 13.8. The van der Waals surface area contributed by atoms with Crippen molar-refractivity contribution in [1.82, 2.24) is 0 Å². The summed E-state index contributed by atoms with van der Waals surface area (Å²) in [5.41, 5.74) is 3.79. The van der Waals surface area contributed by atoms with Gasteiger partial charge in [-0.15, -0.1) is 0 Å². The molecule has 7 heteroatoms. The lowest BCUT2D eigenvalue weighted by Crippen LogP contribution is -2.48. The molecule has 1 spiro atoms. The van der Waals surface area contributed by atoms with Crippen LogP contribution < -0.4 is 9.64 Å². The van der Waals surface area contributed by atoms with Crippen LogP contribution in [0.1, 0.15) is 78.3 Å². The van der Waals surface area contributed by atoms with E-state index in [1.54, 1.807) is 18.2 Å². The molecule has 1 aliphatic heterocycles. The lowest BCUT2D eigenvalue weighted by molar-refractivity contribution is 0.00691. The second kappa shape index (κ2) is 11.9. The molecule has 0 aromatic heterocycles. The molecule has 2 aliphatic carbocycles. The number of rotatable bonds is 6. The van der Waals surface area contributed by atoms with Gasteiger partial charge in [-0.3, -0.25) is 0 Å². The van der Waals surface area contributed by atoms with Crippen molar-refractivity contribution in [3.05, 3.63) is 94.0 Å². The second-order valence-electron chi connectivity index (χ2n) is 13.4. The molecule has 0 bridgehead atoms. The summed E-state index contributed by atoms with van der Waals surface area (Å²) in [4.78, 5) is 28.1. The van der Waals surface area contributed by atoms with Crippen LogP contribution in [0.2, 0.25) is 5.02 Å². The standard InChI is InChI=1S/C36H40ClNO5/c1-35(2,3)43-34(40)26-13-16-32-31(19-26)38(20-27-11-12-28(27)21-41-33(39)24-8-5-4-6-9-24)22-36(23-42-32)17-7-10-25-18-29(37)14-15-30(25)36/h4-6,8-9,13-16,18-19,27-28H,7,10-12,17,20-23H2,1-3H3/t27-,28-,36-/m0/s1. The summed E-state index contributed by atoms with van der Waals surface area (Å²) in [6, 6.07) is 21.1. The van der Waals surface area contributed by atoms with E-state index in [0.29, 0.717) is 30.3 Å². The number of anilines is 1. The average Bonchev–Trinajstić information content (AvgIpc) is 3.11. The van der Waals surface area contributed by atoms with Crippen molar-refractivity contribution < 1.29 is 23.8 Å². The number of aryl methyl sites for hydroxylation is 1. The van der Waals surface area contributed by atoms with Crippen molar-refractivity contribution >= 4 is 29.2 Å². The molecule has 3 aromatic rings. The molecule has 3 atom stereocenters. The van der Waals surface area contributed by atoms with Gasteiger partial charge in [-0.1, -0.05) is 35.9 Å². The van der Waals surface area contributed by atoms with Gasteiger partial charge in [0.25, 0.3) is 0 Å². The Kier molecular flexibility index (Phi) is 8.16. The van der Waals surface area contributed by atoms with E-state index in [1.165, 1.54) is 11.1 Å². The minimum atomic E-state index is -0.590. The Balaban J connectivity index is 1.28. The average molecular weight is 602 g/mol. The summed E-state index contributed by atoms with van der Waals surface area (Å²) < 4.78 is 18.1. The number of esters is 2. The fourth-order valence-corrected chi connectivity index (χ4v) is 6.99. The van der Waals surface area contributed by atoms with Crippen molar-refractivity contribution in [2.45, 2.75) is 63.9 Å². The van der Waals surface area contributed by atoms with Crippen LogP contribution in [0.15, 0.2) is 66.7 Å². The van der Waals surface area contributed by atoms with Gasteiger partial charge in [0.15, 0.2) is 0 Å². The number of benzene rings is 3. The van der Waals surface area contributed by atoms with Crippen molar-refractivity contribution in [2.75, 3.05) is 31.2 Å². The monoisotopic (exact) mass is 601 g/mol. The molecule has 6 rings (SSSR count). The minimum Gasteiger partial charge on any atom is -0.490 e. The predicted octanol–water partition coefficient (Wildman–Crippen LogP) is 7.65. The first kappa shape index (κ1) is 29.6. The molecular formula is C36H40ClNO5. The quantitative estimate of drug-likeness (QED) is 0.270. The first-order chi connectivity index (χ1) is 20.6. The third-order valence-electron chi connectivity index (χ3n) is 9.14. The topological polar surface area (TPSA) is 65.1 Å². The van der Waals surface area contributed by atoms with Crippen LogP contribution in [0, 0.1) is 11.8 Å². The number of fused-ring (bicyclic) bond motifs is 3. The van der Waals surface area contributed by atoms with E-state index in [9.17, 15) is 9.59 Å². The van der Waals surface area contributed by atoms with Gasteiger partial charge >= 0.3 is 11.9 Å². The summed E-state index contributed by atoms with van der Waals surface area (Å²) in [6.07, 6.45) is 5.16. The van der Waals surface area contributed by atoms with Gasteiger partial charge in [0.2, 0.25) is 0 Å². The highest BCUT2D eigenvalue weighted by Gasteiger charge is 2.43. The summed E-state index contributed by atoms with van der Waals surface area (Å²) in [5.74, 6) is 0.781. The lowest BCUT2D eigenvalue weighted by Gasteiger charge is -2.44. The fourth-order valence-electron chi connectivity index (χ4n) is 6.80. The van der Waals surface area contributed by atoms with E-state index in [-0.39, 0.29) is 23.3 Å². The Hall–Kier alpha value is -3.51. The van der Waals surface area contributed by atoms with Crippen LogP contribution in [0.5, 0.6) is 5.75 Å². The van der Waals surface area contributed by atoms with Crippen LogP contribution >= 0.6 is 11.6 Å². The predicted molar refractivity (Wildman–Crippen MR) is 168 cm³/mol. The van der Waals surface area contributed by atoms with Crippen molar-refractivity contribution in [2.24, 2.45) is 11.8 Å². The third kappa shape index (κ3) is 6.40. The largest absolute Gasteiger partial charge is 0.490 e. The molecule has 1 saturated carbocycles. The number of hydrogen-bond acceptors (Lipinski definition) is 6. The van der Waals surface area contributed by atoms with Crippen LogP contribution in [0.25, 0.3) is 0 Å². The maximum atomic E-state index is 13.1. The molecule has 6 nitrogen and oxygen atoms in total. The fraction of sp³-hybridized carbons (Fsp3) is 0.444. The Morgan fingerprint density at radius 2 is 1.77 bits per heavy atom. The third-order valence-corrected chi connectivity index (χ3v) is 9.37. The smallest absolute Gasteiger partial charge is 0.338 e. The van der Waals surface area contributed by atoms with E-state index in [1.807, 2.05) is 57.2 Å². The van der Waals surface area contributed by atoms with E-state index < -0.39 is 5.60 Å². The van der Waals surface area contributed by atoms with E-state index >= 15 is 0 Å². The maximum absolute atomic E-state index is 13.1. The molecule has 1 fully saturated rings. The van der Waals surface area contributed by atoms with Gasteiger partial charge in [-0.2, -0.15) is 0 Å². The molecular weight excluding hydrogens is 562 g/mol. The number of carbonyl (C=O) groups excluding carboxylic acids is 2. The highest BCUT2D eigenvalue weighted by Crippen LogP contribution is 2.46. The number of halogens is 1. The Morgan fingerprint density at radius 3 is 2.51 bits per heavy atom. The van der Waals surface area contributed by atoms with E-state index in [4.69, 9.17) is 25.8 Å². The minimum absolute atomic E-state index is 0.206. The van der Waals surface area contributed by atoms with E-state index in [0.717, 1.165) is 61.7 Å². The molecule has 0 saturated heterocycles. The summed E-state index contributed by atoms with van der Waals surface area (Å²) >= 11 is 6.41. The first-order valence-electron chi connectivity index (χ1n) is 15.4. The Morgan fingerprint density at radius 1 is 0.977 bits per heavy atom. The zero-order valence-corrected chi connectivity index (χ0v) is 26.0. The number of ether oxygens (including phenoxy) is 3. The van der Waals surface area contributed by atoms with E-state index in [2.05, 4.69) is 17.0 Å². The van der Waals surface area contributed by atoms with Gasteiger partial charge in [0, 0.05) is 23.5 Å². The van der Waals surface area contributed by atoms with Gasteiger partial charge < -0.3 is 19.1 Å². The summed E-state index contributed by atoms with van der Waals surface area (Å²) in [7, 11) is 0. The molecule has 0 N–H and O–H groups in total. The van der Waals surface area contributed by atoms with Gasteiger partial charge in [-0.05, 0) is 118 Å². The molecule has 3 aliphatic rings. The van der Waals surface area contributed by atoms with Crippen LogP contribution in [0.3, 0.4) is 0 Å². The highest BCUT2D eigenvalue weighted by molar-refractivity contribution is 6.30. The molecule has 3 aromatic carbocycles. The van der Waals surface area contributed by atoms with Crippen molar-refractivity contribution in [3.8, 4) is 5.75 Å². The van der Waals surface area contributed by atoms with Gasteiger partial charge in [0.05, 0.1) is 30.0 Å². The molecule has 0 amide bonds. The number of hydrogen-bond donors (Lipinski definition) is 0. The summed E-state index contributed by atoms with van der Waals surface area (Å²) in [5, 5.41) is 0.759. The molecule has 0 unspecified atom stereocenters. The molecule has 226 valence electrons. The van der Waals surface area contributed by atoms with Crippen LogP contribution in [-0.2, 0) is 21.3 Å². The van der Waals surface area contributed by atoms with Crippen LogP contribution in [0.4, 0.5) is 5.69 Å².